The summed E-state index contributed by atoms with van der Waals surface area (Å²) in [4.78, 5) is 11.4. The van der Waals surface area contributed by atoms with Crippen LogP contribution in [0.25, 0.3) is 0 Å². The van der Waals surface area contributed by atoms with Gasteiger partial charge in [-0.25, -0.2) is 4.39 Å². The van der Waals surface area contributed by atoms with Crippen LogP contribution in [0.5, 0.6) is 5.75 Å². The molecule has 0 bridgehead atoms. The largest absolute Gasteiger partial charge is 0.492 e. The maximum absolute atomic E-state index is 13.7. The average molecular weight is 336 g/mol. The monoisotopic (exact) mass is 335 g/mol. The van der Waals surface area contributed by atoms with E-state index in [2.05, 4.69) is 4.36 Å². The van der Waals surface area contributed by atoms with Gasteiger partial charge >= 0.3 is 10.5 Å². The third-order valence-corrected chi connectivity index (χ3v) is 3.50. The summed E-state index contributed by atoms with van der Waals surface area (Å²) in [6.07, 6.45) is 3.25. The van der Waals surface area contributed by atoms with Gasteiger partial charge < -0.3 is 4.74 Å². The Morgan fingerprint density at radius 2 is 2.10 bits per heavy atom. The summed E-state index contributed by atoms with van der Waals surface area (Å²) in [5.74, 6) is -1.33. The van der Waals surface area contributed by atoms with E-state index < -0.39 is 27.8 Å². The Hall–Kier alpha value is -1.47. The Bertz CT molecular complexity index is 663. The standard InChI is InChI=1S/C12H11ClFNO4S.CH4/c13-9-5-8(12(16)15-20(17)18)10(14)6-11(9)19-4-3-7-1-2-7;/h5-7H,1-4H2;1H4. The van der Waals surface area contributed by atoms with Gasteiger partial charge in [0.2, 0.25) is 0 Å². The zero-order valence-corrected chi connectivity index (χ0v) is 11.9. The average Bonchev–Trinajstić information content (AvgIpc) is 3.16. The number of hydrogen-bond acceptors (Lipinski definition) is 4. The third-order valence-electron chi connectivity index (χ3n) is 2.89. The van der Waals surface area contributed by atoms with Crippen molar-refractivity contribution < 1.29 is 22.3 Å². The first-order valence-electron chi connectivity index (χ1n) is 5.94. The highest BCUT2D eigenvalue weighted by Gasteiger charge is 2.21. The van der Waals surface area contributed by atoms with Crippen molar-refractivity contribution in [2.24, 2.45) is 10.3 Å². The minimum absolute atomic E-state index is 0. The van der Waals surface area contributed by atoms with E-state index in [1.807, 2.05) is 0 Å². The topological polar surface area (TPSA) is 72.8 Å². The van der Waals surface area contributed by atoms with Gasteiger partial charge in [0.25, 0.3) is 5.91 Å². The number of carbonyl (C=O) groups excluding carboxylic acids is 1. The lowest BCUT2D eigenvalue weighted by atomic mass is 10.2. The number of carbonyl (C=O) groups is 1. The normalized spacial score (nSPS) is 13.2. The Morgan fingerprint density at radius 1 is 1.43 bits per heavy atom. The lowest BCUT2D eigenvalue weighted by Crippen LogP contribution is -2.03. The van der Waals surface area contributed by atoms with E-state index in [9.17, 15) is 17.6 Å². The van der Waals surface area contributed by atoms with E-state index in [0.29, 0.717) is 12.5 Å². The van der Waals surface area contributed by atoms with Crippen molar-refractivity contribution in [1.29, 1.82) is 0 Å². The fourth-order valence-corrected chi connectivity index (χ4v) is 2.11. The van der Waals surface area contributed by atoms with E-state index in [0.717, 1.165) is 18.6 Å². The fourth-order valence-electron chi connectivity index (χ4n) is 1.66. The molecule has 5 nitrogen and oxygen atoms in total. The molecule has 0 radical (unpaired) electrons. The van der Waals surface area contributed by atoms with Crippen molar-refractivity contribution in [1.82, 2.24) is 0 Å². The molecule has 2 rings (SSSR count). The SMILES string of the molecule is C.O=C(N=S(=O)=O)c1cc(Cl)c(OCCC2CC2)cc1F. The first-order valence-corrected chi connectivity index (χ1v) is 7.35. The van der Waals surface area contributed by atoms with Gasteiger partial charge in [-0.1, -0.05) is 36.2 Å². The molecule has 0 aliphatic heterocycles. The molecular formula is C13H15ClFNO4S. The van der Waals surface area contributed by atoms with Gasteiger partial charge in [-0.2, -0.15) is 8.42 Å². The van der Waals surface area contributed by atoms with Crippen LogP contribution in [0.2, 0.25) is 5.02 Å². The molecule has 0 spiro atoms. The molecule has 116 valence electrons. The quantitative estimate of drug-likeness (QED) is 0.825. The number of nitrogens with zero attached hydrogens (tertiary/aromatic N) is 1. The smallest absolute Gasteiger partial charge is 0.319 e. The van der Waals surface area contributed by atoms with Crippen LogP contribution in [0.3, 0.4) is 0 Å². The molecule has 0 aromatic heterocycles. The molecule has 1 aromatic rings. The van der Waals surface area contributed by atoms with Crippen molar-refractivity contribution >= 4 is 28.0 Å². The first-order chi connectivity index (χ1) is 9.47. The molecule has 1 aromatic carbocycles. The molecule has 0 unspecified atom stereocenters. The van der Waals surface area contributed by atoms with E-state index in [-0.39, 0.29) is 18.2 Å². The zero-order chi connectivity index (χ0) is 14.7. The Balaban J connectivity index is 0.00000220. The van der Waals surface area contributed by atoms with Crippen LogP contribution < -0.4 is 4.74 Å². The predicted molar refractivity (Wildman–Crippen MR) is 76.7 cm³/mol. The molecule has 0 N–H and O–H groups in total. The van der Waals surface area contributed by atoms with Gasteiger partial charge in [0, 0.05) is 6.07 Å². The number of ether oxygens (including phenoxy) is 1. The molecule has 1 aliphatic carbocycles. The maximum Gasteiger partial charge on any atom is 0.319 e. The fraction of sp³-hybridized carbons (Fsp3) is 0.462. The van der Waals surface area contributed by atoms with Gasteiger partial charge in [0.1, 0.15) is 11.6 Å². The lowest BCUT2D eigenvalue weighted by molar-refractivity contribution is 0.100. The highest BCUT2D eigenvalue weighted by Crippen LogP contribution is 2.33. The molecular weight excluding hydrogens is 321 g/mol. The van der Waals surface area contributed by atoms with Crippen molar-refractivity contribution in [3.05, 3.63) is 28.5 Å². The van der Waals surface area contributed by atoms with Crippen LogP contribution in [0.1, 0.15) is 37.0 Å². The number of benzene rings is 1. The Morgan fingerprint density at radius 3 is 2.67 bits per heavy atom. The van der Waals surface area contributed by atoms with E-state index in [1.165, 1.54) is 12.8 Å². The molecule has 0 atom stereocenters. The first kappa shape index (κ1) is 17.6. The summed E-state index contributed by atoms with van der Waals surface area (Å²) in [5, 5.41) is 0.0393. The van der Waals surface area contributed by atoms with Crippen LogP contribution in [0.4, 0.5) is 4.39 Å². The van der Waals surface area contributed by atoms with Crippen LogP contribution in [0, 0.1) is 11.7 Å². The molecule has 21 heavy (non-hydrogen) atoms. The van der Waals surface area contributed by atoms with Gasteiger partial charge in [0.05, 0.1) is 17.2 Å². The van der Waals surface area contributed by atoms with Crippen molar-refractivity contribution in [3.63, 3.8) is 0 Å². The predicted octanol–water partition coefficient (Wildman–Crippen LogP) is 3.50. The second kappa shape index (κ2) is 7.51. The number of hydrogen-bond donors (Lipinski definition) is 0. The van der Waals surface area contributed by atoms with Gasteiger partial charge in [0.15, 0.2) is 0 Å². The highest BCUT2D eigenvalue weighted by atomic mass is 35.5. The van der Waals surface area contributed by atoms with Crippen molar-refractivity contribution in [3.8, 4) is 5.75 Å². The molecule has 1 aliphatic rings. The van der Waals surface area contributed by atoms with Gasteiger partial charge in [-0.05, 0) is 18.4 Å². The summed E-state index contributed by atoms with van der Waals surface area (Å²) in [5.41, 5.74) is -0.506. The number of rotatable bonds is 5. The zero-order valence-electron chi connectivity index (χ0n) is 10.3. The van der Waals surface area contributed by atoms with E-state index in [1.54, 1.807) is 0 Å². The molecule has 1 amide bonds. The lowest BCUT2D eigenvalue weighted by Gasteiger charge is -2.09. The van der Waals surface area contributed by atoms with Crippen LogP contribution in [-0.2, 0) is 10.5 Å². The molecule has 1 saturated carbocycles. The van der Waals surface area contributed by atoms with Crippen LogP contribution in [0.15, 0.2) is 16.5 Å². The molecule has 8 heteroatoms. The minimum atomic E-state index is -2.94. The molecule has 1 fully saturated rings. The third kappa shape index (κ3) is 5.09. The highest BCUT2D eigenvalue weighted by molar-refractivity contribution is 7.62. The van der Waals surface area contributed by atoms with Crippen molar-refractivity contribution in [2.45, 2.75) is 26.7 Å². The second-order valence-electron chi connectivity index (χ2n) is 4.46. The molecule has 0 saturated heterocycles. The van der Waals surface area contributed by atoms with Crippen molar-refractivity contribution in [2.75, 3.05) is 6.61 Å². The van der Waals surface area contributed by atoms with E-state index >= 15 is 0 Å². The summed E-state index contributed by atoms with van der Waals surface area (Å²) in [6.45, 7) is 0.423. The Labute approximate surface area is 128 Å². The molecule has 0 heterocycles. The summed E-state index contributed by atoms with van der Waals surface area (Å²) in [6, 6.07) is 1.98. The summed E-state index contributed by atoms with van der Waals surface area (Å²) >= 11 is 5.87. The number of halogens is 2. The second-order valence-corrected chi connectivity index (χ2v) is 5.48. The van der Waals surface area contributed by atoms with Gasteiger partial charge in [-0.15, -0.1) is 0 Å². The van der Waals surface area contributed by atoms with E-state index in [4.69, 9.17) is 16.3 Å². The van der Waals surface area contributed by atoms with Crippen LogP contribution >= 0.6 is 11.6 Å². The van der Waals surface area contributed by atoms with Gasteiger partial charge in [-0.3, -0.25) is 4.79 Å². The number of amides is 1. The maximum atomic E-state index is 13.7. The summed E-state index contributed by atoms with van der Waals surface area (Å²) < 4.78 is 42.3. The summed E-state index contributed by atoms with van der Waals surface area (Å²) in [7, 11) is -2.94. The minimum Gasteiger partial charge on any atom is -0.492 e. The van der Waals surface area contributed by atoms with Crippen LogP contribution in [-0.4, -0.2) is 20.9 Å². The Kier molecular flexibility index (Phi) is 6.29.